The van der Waals surface area contributed by atoms with Gasteiger partial charge in [0.25, 0.3) is 5.91 Å². The van der Waals surface area contributed by atoms with E-state index in [0.717, 1.165) is 28.6 Å². The monoisotopic (exact) mass is 437 g/mol. The fourth-order valence-corrected chi connectivity index (χ4v) is 3.12. The average molecular weight is 437 g/mol. The molecule has 0 radical (unpaired) electrons. The second-order valence-corrected chi connectivity index (χ2v) is 6.99. The maximum atomic E-state index is 12.9. The molecule has 4 rings (SSSR count). The van der Waals surface area contributed by atoms with E-state index in [4.69, 9.17) is 4.42 Å². The molecule has 32 heavy (non-hydrogen) atoms. The van der Waals surface area contributed by atoms with Crippen LogP contribution in [0.4, 0.5) is 18.9 Å². The zero-order chi connectivity index (χ0) is 22.6. The summed E-state index contributed by atoms with van der Waals surface area (Å²) in [5.74, 6) is 0.195. The van der Waals surface area contributed by atoms with Crippen molar-refractivity contribution in [2.45, 2.75) is 6.18 Å². The Bertz CT molecular complexity index is 1280. The Morgan fingerprint density at radius 1 is 0.938 bits per heavy atom. The van der Waals surface area contributed by atoms with Crippen LogP contribution in [0.2, 0.25) is 0 Å². The number of anilines is 1. The Labute approximate surface area is 181 Å². The van der Waals surface area contributed by atoms with Crippen LogP contribution < -0.4 is 10.7 Å². The number of nitrogens with one attached hydrogen (secondary N) is 2. The summed E-state index contributed by atoms with van der Waals surface area (Å²) >= 11 is 0. The van der Waals surface area contributed by atoms with Gasteiger partial charge in [0.2, 0.25) is 0 Å². The third-order valence-electron chi connectivity index (χ3n) is 4.68. The van der Waals surface area contributed by atoms with Crippen LogP contribution in [-0.2, 0) is 11.0 Å². The fraction of sp³-hybridized carbons (Fsp3) is 0.0833. The van der Waals surface area contributed by atoms with E-state index >= 15 is 0 Å². The van der Waals surface area contributed by atoms with E-state index in [1.807, 2.05) is 42.5 Å². The molecule has 0 aliphatic carbocycles. The molecule has 162 valence electrons. The lowest BCUT2D eigenvalue weighted by Crippen LogP contribution is -2.25. The fourth-order valence-electron chi connectivity index (χ4n) is 3.12. The summed E-state index contributed by atoms with van der Waals surface area (Å²) in [6, 6.07) is 21.6. The number of hydrogen-bond acceptors (Lipinski definition) is 4. The first-order valence-electron chi connectivity index (χ1n) is 9.70. The predicted octanol–water partition coefficient (Wildman–Crippen LogP) is 5.68. The van der Waals surface area contributed by atoms with Crippen LogP contribution >= 0.6 is 0 Å². The Balaban J connectivity index is 1.32. The van der Waals surface area contributed by atoms with E-state index in [9.17, 15) is 18.0 Å². The number of halogens is 3. The van der Waals surface area contributed by atoms with Gasteiger partial charge in [-0.05, 0) is 47.2 Å². The number of rotatable bonds is 6. The average Bonchev–Trinajstić information content (AvgIpc) is 3.26. The Morgan fingerprint density at radius 3 is 2.56 bits per heavy atom. The number of carbonyl (C=O) groups excluding carboxylic acids is 1. The van der Waals surface area contributed by atoms with E-state index in [1.54, 1.807) is 12.1 Å². The van der Waals surface area contributed by atoms with Crippen LogP contribution in [0.15, 0.2) is 88.4 Å². The van der Waals surface area contributed by atoms with Gasteiger partial charge in [0.1, 0.15) is 11.5 Å². The number of fused-ring (bicyclic) bond motifs is 1. The maximum Gasteiger partial charge on any atom is 0.416 e. The van der Waals surface area contributed by atoms with Crippen molar-refractivity contribution in [1.29, 1.82) is 0 Å². The standard InChI is InChI=1S/C24H18F3N3O2/c25-24(26,27)19-7-3-6-18(12-19)22-11-10-21(32-22)14-29-30-23(31)15-28-20-9-8-16-4-1-2-5-17(16)13-20/h1-14,28H,15H2,(H,30,31). The summed E-state index contributed by atoms with van der Waals surface area (Å²) in [6.45, 7) is 0.0172. The highest BCUT2D eigenvalue weighted by atomic mass is 19.4. The number of furan rings is 1. The van der Waals surface area contributed by atoms with Gasteiger partial charge in [-0.15, -0.1) is 0 Å². The van der Waals surface area contributed by atoms with Gasteiger partial charge in [0, 0.05) is 11.3 Å². The molecule has 8 heteroatoms. The summed E-state index contributed by atoms with van der Waals surface area (Å²) in [4.78, 5) is 12.0. The largest absolute Gasteiger partial charge is 0.455 e. The van der Waals surface area contributed by atoms with Gasteiger partial charge < -0.3 is 9.73 Å². The molecule has 3 aromatic carbocycles. The molecule has 1 heterocycles. The Hall–Kier alpha value is -4.07. The molecule has 1 aromatic heterocycles. The number of hydrazone groups is 1. The number of alkyl halides is 3. The van der Waals surface area contributed by atoms with Crippen LogP contribution in [-0.4, -0.2) is 18.7 Å². The molecular formula is C24H18F3N3O2. The molecule has 0 atom stereocenters. The van der Waals surface area contributed by atoms with Crippen molar-refractivity contribution >= 4 is 28.6 Å². The molecule has 0 spiro atoms. The van der Waals surface area contributed by atoms with Crippen molar-refractivity contribution in [3.05, 3.63) is 90.2 Å². The van der Waals surface area contributed by atoms with Crippen LogP contribution in [0.3, 0.4) is 0 Å². The second-order valence-electron chi connectivity index (χ2n) is 6.99. The topological polar surface area (TPSA) is 66.6 Å². The first-order chi connectivity index (χ1) is 15.4. The zero-order valence-corrected chi connectivity index (χ0v) is 16.7. The van der Waals surface area contributed by atoms with E-state index in [0.29, 0.717) is 11.3 Å². The Kier molecular flexibility index (Phi) is 5.93. The number of nitrogens with zero attached hydrogens (tertiary/aromatic N) is 1. The van der Waals surface area contributed by atoms with Crippen molar-refractivity contribution in [2.75, 3.05) is 11.9 Å². The van der Waals surface area contributed by atoms with Gasteiger partial charge in [-0.1, -0.05) is 42.5 Å². The van der Waals surface area contributed by atoms with Gasteiger partial charge in [-0.2, -0.15) is 18.3 Å². The summed E-state index contributed by atoms with van der Waals surface area (Å²) in [5, 5.41) is 9.02. The summed E-state index contributed by atoms with van der Waals surface area (Å²) in [5.41, 5.74) is 2.72. The van der Waals surface area contributed by atoms with Crippen molar-refractivity contribution < 1.29 is 22.4 Å². The van der Waals surface area contributed by atoms with Crippen molar-refractivity contribution in [1.82, 2.24) is 5.43 Å². The first-order valence-corrected chi connectivity index (χ1v) is 9.70. The van der Waals surface area contributed by atoms with Crippen LogP contribution in [0.1, 0.15) is 11.3 Å². The second kappa shape index (κ2) is 8.97. The van der Waals surface area contributed by atoms with Gasteiger partial charge in [0.05, 0.1) is 18.3 Å². The van der Waals surface area contributed by atoms with Crippen LogP contribution in [0.5, 0.6) is 0 Å². The molecule has 0 aliphatic rings. The van der Waals surface area contributed by atoms with Crippen LogP contribution in [0, 0.1) is 0 Å². The number of benzene rings is 3. The molecule has 0 aliphatic heterocycles. The third-order valence-corrected chi connectivity index (χ3v) is 4.68. The van der Waals surface area contributed by atoms with Gasteiger partial charge >= 0.3 is 6.18 Å². The minimum Gasteiger partial charge on any atom is -0.455 e. The zero-order valence-electron chi connectivity index (χ0n) is 16.7. The lowest BCUT2D eigenvalue weighted by Gasteiger charge is -2.07. The predicted molar refractivity (Wildman–Crippen MR) is 117 cm³/mol. The summed E-state index contributed by atoms with van der Waals surface area (Å²) in [6.07, 6.45) is -3.15. The smallest absolute Gasteiger partial charge is 0.416 e. The molecule has 0 saturated heterocycles. The highest BCUT2D eigenvalue weighted by Gasteiger charge is 2.30. The molecule has 5 nitrogen and oxygen atoms in total. The molecule has 0 bridgehead atoms. The lowest BCUT2D eigenvalue weighted by atomic mass is 10.1. The van der Waals surface area contributed by atoms with E-state index in [1.165, 1.54) is 18.3 Å². The summed E-state index contributed by atoms with van der Waals surface area (Å²) < 4.78 is 44.1. The molecule has 2 N–H and O–H groups in total. The maximum absolute atomic E-state index is 12.9. The molecule has 0 unspecified atom stereocenters. The van der Waals surface area contributed by atoms with E-state index in [2.05, 4.69) is 15.8 Å². The Morgan fingerprint density at radius 2 is 1.75 bits per heavy atom. The molecular weight excluding hydrogens is 419 g/mol. The molecule has 1 amide bonds. The minimum atomic E-state index is -4.43. The quantitative estimate of drug-likeness (QED) is 0.301. The molecule has 0 fully saturated rings. The van der Waals surface area contributed by atoms with Crippen molar-refractivity contribution in [3.8, 4) is 11.3 Å². The lowest BCUT2D eigenvalue weighted by molar-refractivity contribution is -0.137. The third kappa shape index (κ3) is 5.15. The van der Waals surface area contributed by atoms with Crippen molar-refractivity contribution in [2.24, 2.45) is 5.10 Å². The van der Waals surface area contributed by atoms with Gasteiger partial charge in [-0.3, -0.25) is 4.79 Å². The number of carbonyl (C=O) groups is 1. The number of amides is 1. The number of hydrogen-bond donors (Lipinski definition) is 2. The highest BCUT2D eigenvalue weighted by Crippen LogP contribution is 2.32. The van der Waals surface area contributed by atoms with Crippen LogP contribution in [0.25, 0.3) is 22.1 Å². The first kappa shape index (κ1) is 21.2. The summed E-state index contributed by atoms with van der Waals surface area (Å²) in [7, 11) is 0. The minimum absolute atomic E-state index is 0.0172. The van der Waals surface area contributed by atoms with E-state index in [-0.39, 0.29) is 18.2 Å². The van der Waals surface area contributed by atoms with Gasteiger partial charge in [0.15, 0.2) is 0 Å². The molecule has 4 aromatic rings. The van der Waals surface area contributed by atoms with Gasteiger partial charge in [-0.25, -0.2) is 5.43 Å². The SMILES string of the molecule is O=C(CNc1ccc2ccccc2c1)NN=Cc1ccc(-c2cccc(C(F)(F)F)c2)o1. The van der Waals surface area contributed by atoms with Crippen molar-refractivity contribution in [3.63, 3.8) is 0 Å². The normalized spacial score (nSPS) is 11.7. The highest BCUT2D eigenvalue weighted by molar-refractivity contribution is 5.87. The molecule has 0 saturated carbocycles. The van der Waals surface area contributed by atoms with E-state index < -0.39 is 11.7 Å².